The Morgan fingerprint density at radius 1 is 0.479 bits per heavy atom. The average molecular weight is 639 g/mol. The van der Waals surface area contributed by atoms with E-state index in [9.17, 15) is 0 Å². The molecule has 0 amide bonds. The number of rotatable bonds is 10. The van der Waals surface area contributed by atoms with Crippen LogP contribution in [0, 0.1) is 0 Å². The molecule has 2 aliphatic rings. The molecule has 0 unspecified atom stereocenters. The Labute approximate surface area is 281 Å². The molecule has 0 bridgehead atoms. The van der Waals surface area contributed by atoms with Gasteiger partial charge in [0, 0.05) is 36.1 Å². The zero-order valence-corrected chi connectivity index (χ0v) is 27.5. The third kappa shape index (κ3) is 5.93. The minimum absolute atomic E-state index is 0.0400. The second-order valence-corrected chi connectivity index (χ2v) is 11.7. The first kappa shape index (κ1) is 30.9. The van der Waals surface area contributed by atoms with E-state index in [2.05, 4.69) is 70.7 Å². The summed E-state index contributed by atoms with van der Waals surface area (Å²) in [5.74, 6) is 3.06. The van der Waals surface area contributed by atoms with Crippen molar-refractivity contribution in [3.05, 3.63) is 144 Å². The second-order valence-electron chi connectivity index (χ2n) is 11.7. The molecular weight excluding hydrogens is 600 g/mol. The van der Waals surface area contributed by atoms with Gasteiger partial charge < -0.3 is 18.9 Å². The van der Waals surface area contributed by atoms with E-state index in [0.29, 0.717) is 0 Å². The van der Waals surface area contributed by atoms with Gasteiger partial charge in [-0.3, -0.25) is 10.0 Å². The van der Waals surface area contributed by atoms with Gasteiger partial charge in [-0.05, 0) is 59.7 Å². The number of nitrogens with zero attached hydrogens (tertiary/aromatic N) is 4. The van der Waals surface area contributed by atoms with E-state index in [1.165, 1.54) is 0 Å². The van der Waals surface area contributed by atoms with E-state index < -0.39 is 0 Å². The van der Waals surface area contributed by atoms with Crippen molar-refractivity contribution in [2.24, 2.45) is 10.2 Å². The zero-order valence-electron chi connectivity index (χ0n) is 27.5. The van der Waals surface area contributed by atoms with E-state index in [1.807, 2.05) is 60.7 Å². The van der Waals surface area contributed by atoms with Gasteiger partial charge in [0.25, 0.3) is 0 Å². The largest absolute Gasteiger partial charge is 0.497 e. The topological polar surface area (TPSA) is 68.1 Å². The predicted octanol–water partition coefficient (Wildman–Crippen LogP) is 8.43. The summed E-state index contributed by atoms with van der Waals surface area (Å²) in [6.45, 7) is 0. The molecule has 0 fully saturated rings. The Morgan fingerprint density at radius 2 is 0.875 bits per heavy atom. The minimum atomic E-state index is -0.0400. The molecule has 2 heterocycles. The monoisotopic (exact) mass is 638 g/mol. The molecule has 5 aromatic rings. The average Bonchev–Trinajstić information content (AvgIpc) is 3.81. The highest BCUT2D eigenvalue weighted by molar-refractivity contribution is 6.06. The zero-order chi connectivity index (χ0) is 33.0. The van der Waals surface area contributed by atoms with Gasteiger partial charge in [-0.1, -0.05) is 60.7 Å². The van der Waals surface area contributed by atoms with Gasteiger partial charge in [0.05, 0.1) is 63.3 Å². The lowest BCUT2D eigenvalue weighted by Gasteiger charge is -2.25. The number of para-hydroxylation sites is 2. The molecule has 5 aromatic carbocycles. The van der Waals surface area contributed by atoms with E-state index in [4.69, 9.17) is 29.2 Å². The van der Waals surface area contributed by atoms with Crippen molar-refractivity contribution in [2.45, 2.75) is 24.9 Å². The maximum atomic E-state index is 5.82. The summed E-state index contributed by atoms with van der Waals surface area (Å²) >= 11 is 0. The number of hydrogen-bond donors (Lipinski definition) is 0. The summed E-state index contributed by atoms with van der Waals surface area (Å²) in [6, 6.07) is 41.0. The highest BCUT2D eigenvalue weighted by Gasteiger charge is 2.34. The number of hydrazone groups is 2. The normalized spacial score (nSPS) is 17.2. The van der Waals surface area contributed by atoms with Gasteiger partial charge in [-0.15, -0.1) is 0 Å². The van der Waals surface area contributed by atoms with E-state index in [0.717, 1.165) is 80.9 Å². The lowest BCUT2D eigenvalue weighted by atomic mass is 9.94. The Hall–Kier alpha value is -5.76. The van der Waals surface area contributed by atoms with Crippen molar-refractivity contribution in [3.63, 3.8) is 0 Å². The fraction of sp³-hybridized carbons (Fsp3) is 0.200. The van der Waals surface area contributed by atoms with E-state index >= 15 is 0 Å². The van der Waals surface area contributed by atoms with Crippen LogP contribution in [-0.2, 0) is 0 Å². The molecule has 2 aliphatic heterocycles. The van der Waals surface area contributed by atoms with Crippen molar-refractivity contribution in [3.8, 4) is 23.0 Å². The van der Waals surface area contributed by atoms with Crippen LogP contribution >= 0.6 is 0 Å². The van der Waals surface area contributed by atoms with Crippen molar-refractivity contribution < 1.29 is 18.9 Å². The first-order valence-corrected chi connectivity index (χ1v) is 16.0. The standard InChI is InChI=1S/C40H38N4O4/c1-45-31-19-21-33(39(23-31)47-3)37-25-35(41-43(37)29-11-7-5-8-12-29)27-15-17-28(18-16-27)36-26-38(44(42-36)30-13-9-6-10-14-30)34-22-20-32(46-2)24-40(34)48-4/h5-24,37-38H,25-26H2,1-4H3/t37-,38-/m0/s1. The quantitative estimate of drug-likeness (QED) is 0.153. The highest BCUT2D eigenvalue weighted by atomic mass is 16.5. The summed E-state index contributed by atoms with van der Waals surface area (Å²) in [5.41, 5.74) is 8.31. The van der Waals surface area contributed by atoms with Gasteiger partial charge in [0.15, 0.2) is 0 Å². The van der Waals surface area contributed by atoms with Crippen LogP contribution in [0.5, 0.6) is 23.0 Å². The fourth-order valence-electron chi connectivity index (χ4n) is 6.53. The number of hydrogen-bond acceptors (Lipinski definition) is 8. The summed E-state index contributed by atoms with van der Waals surface area (Å²) in [4.78, 5) is 0. The smallest absolute Gasteiger partial charge is 0.127 e. The molecule has 0 N–H and O–H groups in total. The van der Waals surface area contributed by atoms with Gasteiger partial charge in [-0.25, -0.2) is 0 Å². The van der Waals surface area contributed by atoms with Crippen LogP contribution in [0.25, 0.3) is 0 Å². The maximum Gasteiger partial charge on any atom is 0.127 e. The van der Waals surface area contributed by atoms with Crippen LogP contribution < -0.4 is 29.0 Å². The highest BCUT2D eigenvalue weighted by Crippen LogP contribution is 2.43. The summed E-state index contributed by atoms with van der Waals surface area (Å²) in [7, 11) is 6.72. The Bertz CT molecular complexity index is 1800. The Kier molecular flexibility index (Phi) is 8.71. The molecular formula is C40H38N4O4. The van der Waals surface area contributed by atoms with Gasteiger partial charge >= 0.3 is 0 Å². The lowest BCUT2D eigenvalue weighted by molar-refractivity contribution is 0.388. The number of benzene rings is 5. The molecule has 7 rings (SSSR count). The Balaban J connectivity index is 1.20. The first-order valence-electron chi connectivity index (χ1n) is 16.0. The summed E-state index contributed by atoms with van der Waals surface area (Å²) in [6.07, 6.45) is 1.44. The van der Waals surface area contributed by atoms with E-state index in [1.54, 1.807) is 28.4 Å². The van der Waals surface area contributed by atoms with Crippen LogP contribution in [0.1, 0.15) is 47.2 Å². The van der Waals surface area contributed by atoms with Crippen molar-refractivity contribution in [1.82, 2.24) is 0 Å². The second kappa shape index (κ2) is 13.5. The third-order valence-electron chi connectivity index (χ3n) is 9.01. The number of methoxy groups -OCH3 is 4. The molecule has 2 atom stereocenters. The fourth-order valence-corrected chi connectivity index (χ4v) is 6.53. The van der Waals surface area contributed by atoms with Gasteiger partial charge in [0.1, 0.15) is 23.0 Å². The molecule has 242 valence electrons. The van der Waals surface area contributed by atoms with Crippen LogP contribution in [0.3, 0.4) is 0 Å². The minimum Gasteiger partial charge on any atom is -0.497 e. The molecule has 0 saturated carbocycles. The summed E-state index contributed by atoms with van der Waals surface area (Å²) < 4.78 is 22.6. The molecule has 0 radical (unpaired) electrons. The molecule has 0 spiro atoms. The molecule has 0 aliphatic carbocycles. The predicted molar refractivity (Wildman–Crippen MR) is 191 cm³/mol. The van der Waals surface area contributed by atoms with Gasteiger partial charge in [-0.2, -0.15) is 10.2 Å². The summed E-state index contributed by atoms with van der Waals surface area (Å²) in [5, 5.41) is 14.5. The van der Waals surface area contributed by atoms with Crippen LogP contribution in [0.4, 0.5) is 11.4 Å². The number of ether oxygens (including phenoxy) is 4. The first-order chi connectivity index (χ1) is 23.6. The molecule has 8 nitrogen and oxygen atoms in total. The molecule has 0 saturated heterocycles. The van der Waals surface area contributed by atoms with Gasteiger partial charge in [0.2, 0.25) is 0 Å². The van der Waals surface area contributed by atoms with Crippen LogP contribution in [0.2, 0.25) is 0 Å². The molecule has 0 aromatic heterocycles. The SMILES string of the molecule is COc1ccc([C@@H]2CC(c3ccc(C4=NN(c5ccccc5)[C@H](c5ccc(OC)cc5OC)C4)cc3)=NN2c2ccccc2)c(OC)c1. The van der Waals surface area contributed by atoms with Crippen molar-refractivity contribution in [1.29, 1.82) is 0 Å². The molecule has 8 heteroatoms. The Morgan fingerprint density at radius 3 is 1.23 bits per heavy atom. The van der Waals surface area contributed by atoms with Crippen LogP contribution in [-0.4, -0.2) is 39.9 Å². The maximum absolute atomic E-state index is 5.82. The molecule has 48 heavy (non-hydrogen) atoms. The lowest BCUT2D eigenvalue weighted by Crippen LogP contribution is -2.19. The van der Waals surface area contributed by atoms with Crippen LogP contribution in [0.15, 0.2) is 132 Å². The van der Waals surface area contributed by atoms with Crippen molar-refractivity contribution >= 4 is 22.8 Å². The number of anilines is 2. The third-order valence-corrected chi connectivity index (χ3v) is 9.01. The van der Waals surface area contributed by atoms with E-state index in [-0.39, 0.29) is 12.1 Å². The van der Waals surface area contributed by atoms with Crippen molar-refractivity contribution in [2.75, 3.05) is 38.5 Å².